The van der Waals surface area contributed by atoms with Crippen LogP contribution in [0.3, 0.4) is 0 Å². The van der Waals surface area contributed by atoms with Crippen molar-refractivity contribution >= 4 is 57.5 Å². The third kappa shape index (κ3) is 4.12. The molecule has 0 spiro atoms. The van der Waals surface area contributed by atoms with Crippen LogP contribution in [-0.2, 0) is 17.6 Å². The van der Waals surface area contributed by atoms with Crippen LogP contribution in [0.15, 0.2) is 41.3 Å². The van der Waals surface area contributed by atoms with Crippen LogP contribution >= 0.6 is 35.0 Å². The predicted molar refractivity (Wildman–Crippen MR) is 114 cm³/mol. The van der Waals surface area contributed by atoms with Gasteiger partial charge in [0.05, 0.1) is 16.3 Å². The molecule has 1 heterocycles. The number of fused-ring (bicyclic) bond motifs is 2. The maximum Gasteiger partial charge on any atom is 0.234 e. The molecule has 0 radical (unpaired) electrons. The second kappa shape index (κ2) is 8.27. The molecule has 0 saturated heterocycles. The fourth-order valence-electron chi connectivity index (χ4n) is 3.43. The number of thioether (sulfide) groups is 1. The summed E-state index contributed by atoms with van der Waals surface area (Å²) < 4.78 is 13.3. The maximum absolute atomic E-state index is 13.3. The quantitative estimate of drug-likeness (QED) is 0.490. The number of hydrogen-bond acceptors (Lipinski definition) is 3. The van der Waals surface area contributed by atoms with E-state index >= 15 is 0 Å². The first kappa shape index (κ1) is 19.5. The molecule has 0 atom stereocenters. The molecule has 1 aliphatic carbocycles. The summed E-state index contributed by atoms with van der Waals surface area (Å²) in [6, 6.07) is 9.82. The molecule has 0 unspecified atom stereocenters. The molecule has 1 amide bonds. The first-order valence-electron chi connectivity index (χ1n) is 9.00. The lowest BCUT2D eigenvalue weighted by Gasteiger charge is -2.20. The number of rotatable bonds is 4. The summed E-state index contributed by atoms with van der Waals surface area (Å²) in [7, 11) is 0. The van der Waals surface area contributed by atoms with E-state index in [2.05, 4.69) is 5.32 Å². The van der Waals surface area contributed by atoms with E-state index in [4.69, 9.17) is 28.2 Å². The highest BCUT2D eigenvalue weighted by Gasteiger charge is 2.19. The topological polar surface area (TPSA) is 42.0 Å². The highest BCUT2D eigenvalue weighted by molar-refractivity contribution is 8.00. The molecule has 0 bridgehead atoms. The van der Waals surface area contributed by atoms with Crippen molar-refractivity contribution in [2.45, 2.75) is 30.6 Å². The Kier molecular flexibility index (Phi) is 5.76. The molecule has 7 heteroatoms. The van der Waals surface area contributed by atoms with Crippen LogP contribution < -0.4 is 5.32 Å². The molecule has 3 aromatic rings. The van der Waals surface area contributed by atoms with Crippen molar-refractivity contribution in [1.82, 2.24) is 4.98 Å². The monoisotopic (exact) mass is 434 g/mol. The normalized spacial score (nSPS) is 13.4. The van der Waals surface area contributed by atoms with Crippen molar-refractivity contribution in [3.8, 4) is 0 Å². The zero-order valence-corrected chi connectivity index (χ0v) is 17.2. The van der Waals surface area contributed by atoms with Gasteiger partial charge in [-0.05, 0) is 67.6 Å². The van der Waals surface area contributed by atoms with Gasteiger partial charge in [0.25, 0.3) is 0 Å². The molecule has 0 aliphatic heterocycles. The Morgan fingerprint density at radius 1 is 1.14 bits per heavy atom. The van der Waals surface area contributed by atoms with E-state index < -0.39 is 5.82 Å². The predicted octanol–water partition coefficient (Wildman–Crippen LogP) is 6.29. The van der Waals surface area contributed by atoms with E-state index in [0.717, 1.165) is 47.2 Å². The minimum atomic E-state index is -0.513. The molecule has 1 N–H and O–H groups in total. The lowest BCUT2D eigenvalue weighted by molar-refractivity contribution is -0.113. The van der Waals surface area contributed by atoms with Crippen molar-refractivity contribution in [3.63, 3.8) is 0 Å². The summed E-state index contributed by atoms with van der Waals surface area (Å²) in [4.78, 5) is 18.3. The maximum atomic E-state index is 13.3. The van der Waals surface area contributed by atoms with E-state index in [-0.39, 0.29) is 16.7 Å². The van der Waals surface area contributed by atoms with Crippen LogP contribution in [0.4, 0.5) is 10.1 Å². The van der Waals surface area contributed by atoms with Gasteiger partial charge in [0.2, 0.25) is 5.91 Å². The standard InChI is InChI=1S/C21H17Cl2FN2OS/c22-12-5-8-19-15(9-12)21(14-3-1-2-4-18(14)26-19)28-11-20(27)25-13-6-7-17(24)16(23)10-13/h5-10H,1-4,11H2,(H,25,27). The number of benzene rings is 2. The number of nitrogens with zero attached hydrogens (tertiary/aromatic N) is 1. The molecular weight excluding hydrogens is 418 g/mol. The Bertz CT molecular complexity index is 1070. The summed E-state index contributed by atoms with van der Waals surface area (Å²) in [6.07, 6.45) is 4.17. The first-order valence-corrected chi connectivity index (χ1v) is 10.7. The van der Waals surface area contributed by atoms with Gasteiger partial charge in [-0.25, -0.2) is 4.39 Å². The molecular formula is C21H17Cl2FN2OS. The van der Waals surface area contributed by atoms with Crippen LogP contribution in [0.2, 0.25) is 10.0 Å². The number of carbonyl (C=O) groups excluding carboxylic acids is 1. The van der Waals surface area contributed by atoms with Gasteiger partial charge >= 0.3 is 0 Å². The highest BCUT2D eigenvalue weighted by Crippen LogP contribution is 2.37. The SMILES string of the molecule is O=C(CSc1c2c(nc3ccc(Cl)cc13)CCCC2)Nc1ccc(F)c(Cl)c1. The van der Waals surface area contributed by atoms with Crippen LogP contribution in [-0.4, -0.2) is 16.6 Å². The molecule has 4 rings (SSSR count). The number of halogens is 3. The van der Waals surface area contributed by atoms with Crippen LogP contribution in [0.25, 0.3) is 10.9 Å². The number of nitrogens with one attached hydrogen (secondary N) is 1. The average molecular weight is 435 g/mol. The minimum Gasteiger partial charge on any atom is -0.325 e. The van der Waals surface area contributed by atoms with Crippen LogP contribution in [0.5, 0.6) is 0 Å². The Balaban J connectivity index is 1.59. The summed E-state index contributed by atoms with van der Waals surface area (Å²) in [5.41, 5.74) is 3.72. The van der Waals surface area contributed by atoms with Crippen molar-refractivity contribution < 1.29 is 9.18 Å². The van der Waals surface area contributed by atoms with Gasteiger partial charge in [-0.3, -0.25) is 9.78 Å². The Morgan fingerprint density at radius 2 is 1.96 bits per heavy atom. The molecule has 0 fully saturated rings. The molecule has 144 valence electrons. The number of anilines is 1. The average Bonchev–Trinajstić information content (AvgIpc) is 2.68. The zero-order chi connectivity index (χ0) is 19.7. The number of amides is 1. The van der Waals surface area contributed by atoms with Gasteiger partial charge in [0.1, 0.15) is 5.82 Å². The second-order valence-electron chi connectivity index (χ2n) is 6.70. The minimum absolute atomic E-state index is 0.0192. The van der Waals surface area contributed by atoms with Crippen molar-refractivity contribution in [2.24, 2.45) is 0 Å². The molecule has 1 aliphatic rings. The number of aryl methyl sites for hydroxylation is 1. The first-order chi connectivity index (χ1) is 13.5. The van der Waals surface area contributed by atoms with Gasteiger partial charge < -0.3 is 5.32 Å². The largest absolute Gasteiger partial charge is 0.325 e. The van der Waals surface area contributed by atoms with Gasteiger partial charge in [-0.15, -0.1) is 11.8 Å². The second-order valence-corrected chi connectivity index (χ2v) is 8.53. The molecule has 3 nitrogen and oxygen atoms in total. The molecule has 2 aromatic carbocycles. The Hall–Kier alpha value is -1.82. The van der Waals surface area contributed by atoms with E-state index in [1.54, 1.807) is 0 Å². The summed E-state index contributed by atoms with van der Waals surface area (Å²) in [5.74, 6) is -0.461. The fraction of sp³-hybridized carbons (Fsp3) is 0.238. The van der Waals surface area contributed by atoms with Gasteiger partial charge in [-0.2, -0.15) is 0 Å². The van der Waals surface area contributed by atoms with E-state index in [1.165, 1.54) is 35.5 Å². The van der Waals surface area contributed by atoms with E-state index in [0.29, 0.717) is 10.7 Å². The molecule has 0 saturated carbocycles. The smallest absolute Gasteiger partial charge is 0.234 e. The third-order valence-electron chi connectivity index (χ3n) is 4.72. The number of pyridine rings is 1. The Morgan fingerprint density at radius 3 is 2.79 bits per heavy atom. The molecule has 1 aromatic heterocycles. The van der Waals surface area contributed by atoms with Crippen molar-refractivity contribution in [3.05, 3.63) is 63.5 Å². The number of carbonyl (C=O) groups is 1. The zero-order valence-electron chi connectivity index (χ0n) is 14.9. The Labute approximate surface area is 176 Å². The van der Waals surface area contributed by atoms with Crippen LogP contribution in [0.1, 0.15) is 24.1 Å². The molecule has 28 heavy (non-hydrogen) atoms. The highest BCUT2D eigenvalue weighted by atomic mass is 35.5. The van der Waals surface area contributed by atoms with Gasteiger partial charge in [-0.1, -0.05) is 23.2 Å². The van der Waals surface area contributed by atoms with Gasteiger partial charge in [0, 0.05) is 26.7 Å². The van der Waals surface area contributed by atoms with E-state index in [9.17, 15) is 9.18 Å². The number of aromatic nitrogens is 1. The van der Waals surface area contributed by atoms with E-state index in [1.807, 2.05) is 18.2 Å². The summed E-state index contributed by atoms with van der Waals surface area (Å²) in [6.45, 7) is 0. The fourth-order valence-corrected chi connectivity index (χ4v) is 4.84. The van der Waals surface area contributed by atoms with Crippen LogP contribution in [0, 0.1) is 5.82 Å². The lowest BCUT2D eigenvalue weighted by atomic mass is 9.94. The van der Waals surface area contributed by atoms with Gasteiger partial charge in [0.15, 0.2) is 0 Å². The summed E-state index contributed by atoms with van der Waals surface area (Å²) >= 11 is 13.5. The van der Waals surface area contributed by atoms with Crippen molar-refractivity contribution in [2.75, 3.05) is 11.1 Å². The third-order valence-corrected chi connectivity index (χ3v) is 6.41. The summed E-state index contributed by atoms with van der Waals surface area (Å²) in [5, 5.41) is 4.38. The van der Waals surface area contributed by atoms with Crippen molar-refractivity contribution in [1.29, 1.82) is 0 Å². The number of hydrogen-bond donors (Lipinski definition) is 1. The lowest BCUT2D eigenvalue weighted by Crippen LogP contribution is -2.15.